The smallest absolute Gasteiger partial charge is 0.266 e. The highest BCUT2D eigenvalue weighted by atomic mass is 32.2. The van der Waals surface area contributed by atoms with E-state index >= 15 is 0 Å². The van der Waals surface area contributed by atoms with Crippen molar-refractivity contribution < 1.29 is 18.7 Å². The zero-order chi connectivity index (χ0) is 24.1. The zero-order valence-corrected chi connectivity index (χ0v) is 19.4. The molecular formula is C25H22FN3O4S. The van der Waals surface area contributed by atoms with Crippen molar-refractivity contribution in [3.05, 3.63) is 88.5 Å². The second kappa shape index (κ2) is 10.4. The van der Waals surface area contributed by atoms with Gasteiger partial charge < -0.3 is 14.8 Å². The number of fused-ring (bicyclic) bond motifs is 1. The standard InChI is InChI=1S/C25H22FN3O4S/c1-32-21-12-11-16(13-22(21)33-2)14-27-23(30)15-34-25-28-19-9-5-3-7-17(19)24(31)29(25)20-10-6-4-8-18(20)26/h3-13H,14-15H2,1-2H3,(H,27,30). The molecule has 0 saturated carbocycles. The molecule has 1 aromatic heterocycles. The van der Waals surface area contributed by atoms with E-state index in [-0.39, 0.29) is 29.0 Å². The van der Waals surface area contributed by atoms with E-state index in [9.17, 15) is 14.0 Å². The van der Waals surface area contributed by atoms with Crippen molar-refractivity contribution in [1.29, 1.82) is 0 Å². The number of carbonyl (C=O) groups is 1. The topological polar surface area (TPSA) is 82.5 Å². The number of carbonyl (C=O) groups excluding carboxylic acids is 1. The number of rotatable bonds is 8. The van der Waals surface area contributed by atoms with Crippen LogP contribution in [0.4, 0.5) is 4.39 Å². The molecule has 0 radical (unpaired) electrons. The lowest BCUT2D eigenvalue weighted by Gasteiger charge is -2.14. The van der Waals surface area contributed by atoms with Crippen LogP contribution in [0.15, 0.2) is 76.7 Å². The van der Waals surface area contributed by atoms with Gasteiger partial charge in [-0.2, -0.15) is 0 Å². The fourth-order valence-electron chi connectivity index (χ4n) is 3.43. The Kier molecular flexibility index (Phi) is 7.12. The average Bonchev–Trinajstić information content (AvgIpc) is 2.86. The van der Waals surface area contributed by atoms with E-state index in [0.717, 1.165) is 17.3 Å². The maximum atomic E-state index is 14.6. The van der Waals surface area contributed by atoms with Crippen LogP contribution >= 0.6 is 11.8 Å². The van der Waals surface area contributed by atoms with E-state index in [1.54, 1.807) is 62.8 Å². The first kappa shape index (κ1) is 23.3. The number of para-hydroxylation sites is 2. The number of nitrogens with zero attached hydrogens (tertiary/aromatic N) is 2. The van der Waals surface area contributed by atoms with Crippen molar-refractivity contribution in [1.82, 2.24) is 14.9 Å². The first-order chi connectivity index (χ1) is 16.5. The highest BCUT2D eigenvalue weighted by Crippen LogP contribution is 2.27. The Bertz CT molecular complexity index is 1410. The van der Waals surface area contributed by atoms with E-state index in [1.165, 1.54) is 16.7 Å². The molecule has 0 bridgehead atoms. The number of hydrogen-bond acceptors (Lipinski definition) is 6. The number of methoxy groups -OCH3 is 2. The first-order valence-corrected chi connectivity index (χ1v) is 11.4. The number of hydrogen-bond donors (Lipinski definition) is 1. The van der Waals surface area contributed by atoms with Gasteiger partial charge in [0.05, 0.1) is 36.6 Å². The van der Waals surface area contributed by atoms with Crippen LogP contribution in [-0.4, -0.2) is 35.4 Å². The Morgan fingerprint density at radius 3 is 2.53 bits per heavy atom. The molecule has 34 heavy (non-hydrogen) atoms. The third kappa shape index (κ3) is 4.89. The zero-order valence-electron chi connectivity index (χ0n) is 18.6. The largest absolute Gasteiger partial charge is 0.493 e. The molecule has 3 aromatic carbocycles. The molecule has 4 rings (SSSR count). The van der Waals surface area contributed by atoms with Crippen LogP contribution in [0.5, 0.6) is 11.5 Å². The Labute approximate surface area is 199 Å². The third-order valence-electron chi connectivity index (χ3n) is 5.11. The lowest BCUT2D eigenvalue weighted by Crippen LogP contribution is -2.26. The number of aromatic nitrogens is 2. The molecule has 0 atom stereocenters. The molecule has 4 aromatic rings. The predicted molar refractivity (Wildman–Crippen MR) is 129 cm³/mol. The lowest BCUT2D eigenvalue weighted by molar-refractivity contribution is -0.118. The van der Waals surface area contributed by atoms with Crippen molar-refractivity contribution in [2.45, 2.75) is 11.7 Å². The summed E-state index contributed by atoms with van der Waals surface area (Å²) < 4.78 is 26.3. The van der Waals surface area contributed by atoms with Gasteiger partial charge in [0.1, 0.15) is 5.82 Å². The van der Waals surface area contributed by atoms with Crippen LogP contribution in [0.25, 0.3) is 16.6 Å². The maximum absolute atomic E-state index is 14.6. The summed E-state index contributed by atoms with van der Waals surface area (Å²) in [6.07, 6.45) is 0. The fourth-order valence-corrected chi connectivity index (χ4v) is 4.26. The normalized spacial score (nSPS) is 10.8. The van der Waals surface area contributed by atoms with E-state index in [1.807, 2.05) is 6.07 Å². The van der Waals surface area contributed by atoms with Gasteiger partial charge in [0.25, 0.3) is 5.56 Å². The molecular weight excluding hydrogens is 457 g/mol. The summed E-state index contributed by atoms with van der Waals surface area (Å²) in [5.74, 6) is 0.343. The summed E-state index contributed by atoms with van der Waals surface area (Å²) >= 11 is 1.07. The molecule has 1 N–H and O–H groups in total. The van der Waals surface area contributed by atoms with E-state index in [2.05, 4.69) is 10.3 Å². The molecule has 0 unspecified atom stereocenters. The Morgan fingerprint density at radius 2 is 1.76 bits per heavy atom. The molecule has 0 saturated heterocycles. The second-order valence-corrected chi connectivity index (χ2v) is 8.20. The summed E-state index contributed by atoms with van der Waals surface area (Å²) in [5.41, 5.74) is 0.999. The Hall–Kier alpha value is -3.85. The van der Waals surface area contributed by atoms with Crippen molar-refractivity contribution in [3.63, 3.8) is 0 Å². The molecule has 174 valence electrons. The minimum absolute atomic E-state index is 0.00742. The Balaban J connectivity index is 1.55. The van der Waals surface area contributed by atoms with E-state index < -0.39 is 11.4 Å². The van der Waals surface area contributed by atoms with Crippen molar-refractivity contribution in [2.75, 3.05) is 20.0 Å². The van der Waals surface area contributed by atoms with Gasteiger partial charge in [0.15, 0.2) is 16.7 Å². The summed E-state index contributed by atoms with van der Waals surface area (Å²) in [5, 5.41) is 3.44. The van der Waals surface area contributed by atoms with Gasteiger partial charge in [-0.25, -0.2) is 9.37 Å². The number of ether oxygens (including phenoxy) is 2. The van der Waals surface area contributed by atoms with Crippen molar-refractivity contribution in [3.8, 4) is 17.2 Å². The summed E-state index contributed by atoms with van der Waals surface area (Å²) in [4.78, 5) is 30.3. The SMILES string of the molecule is COc1ccc(CNC(=O)CSc2nc3ccccc3c(=O)n2-c2ccccc2F)cc1OC. The summed E-state index contributed by atoms with van der Waals surface area (Å²) in [6.45, 7) is 0.283. The second-order valence-electron chi connectivity index (χ2n) is 7.26. The molecule has 0 aliphatic carbocycles. The van der Waals surface area contributed by atoms with Gasteiger partial charge in [-0.3, -0.25) is 14.2 Å². The molecule has 0 spiro atoms. The number of nitrogens with one attached hydrogen (secondary N) is 1. The fraction of sp³-hybridized carbons (Fsp3) is 0.160. The number of amides is 1. The third-order valence-corrected chi connectivity index (χ3v) is 6.05. The predicted octanol–water partition coefficient (Wildman–Crippen LogP) is 3.95. The van der Waals surface area contributed by atoms with Crippen LogP contribution in [0.1, 0.15) is 5.56 Å². The molecule has 1 heterocycles. The van der Waals surface area contributed by atoms with Gasteiger partial charge in [-0.15, -0.1) is 0 Å². The van der Waals surface area contributed by atoms with Gasteiger partial charge in [-0.1, -0.05) is 42.1 Å². The number of thioether (sulfide) groups is 1. The van der Waals surface area contributed by atoms with E-state index in [4.69, 9.17) is 9.47 Å². The molecule has 1 amide bonds. The molecule has 0 aliphatic rings. The van der Waals surface area contributed by atoms with Gasteiger partial charge in [0, 0.05) is 6.54 Å². The monoisotopic (exact) mass is 479 g/mol. The van der Waals surface area contributed by atoms with Crippen LogP contribution < -0.4 is 20.3 Å². The maximum Gasteiger partial charge on any atom is 0.266 e. The first-order valence-electron chi connectivity index (χ1n) is 10.4. The van der Waals surface area contributed by atoms with E-state index in [0.29, 0.717) is 22.4 Å². The minimum atomic E-state index is -0.554. The van der Waals surface area contributed by atoms with Crippen LogP contribution in [0, 0.1) is 5.82 Å². The quantitative estimate of drug-likeness (QED) is 0.304. The molecule has 7 nitrogen and oxygen atoms in total. The average molecular weight is 480 g/mol. The molecule has 9 heteroatoms. The van der Waals surface area contributed by atoms with Gasteiger partial charge in [0.2, 0.25) is 5.91 Å². The minimum Gasteiger partial charge on any atom is -0.493 e. The van der Waals surface area contributed by atoms with Gasteiger partial charge >= 0.3 is 0 Å². The number of benzene rings is 3. The summed E-state index contributed by atoms with van der Waals surface area (Å²) in [7, 11) is 3.10. The lowest BCUT2D eigenvalue weighted by atomic mass is 10.2. The summed E-state index contributed by atoms with van der Waals surface area (Å²) in [6, 6.07) is 18.2. The number of halogens is 1. The van der Waals surface area contributed by atoms with Crippen LogP contribution in [0.3, 0.4) is 0 Å². The van der Waals surface area contributed by atoms with Gasteiger partial charge in [-0.05, 0) is 42.0 Å². The van der Waals surface area contributed by atoms with Crippen molar-refractivity contribution in [2.24, 2.45) is 0 Å². The highest BCUT2D eigenvalue weighted by molar-refractivity contribution is 7.99. The molecule has 0 fully saturated rings. The Morgan fingerprint density at radius 1 is 1.03 bits per heavy atom. The van der Waals surface area contributed by atoms with Crippen LogP contribution in [0.2, 0.25) is 0 Å². The highest BCUT2D eigenvalue weighted by Gasteiger charge is 2.17. The van der Waals surface area contributed by atoms with Crippen LogP contribution in [-0.2, 0) is 11.3 Å². The molecule has 0 aliphatic heterocycles. The van der Waals surface area contributed by atoms with Crippen molar-refractivity contribution >= 4 is 28.6 Å².